The number of nitrogens with one attached hydrogen (secondary N) is 1. The highest BCUT2D eigenvalue weighted by Crippen LogP contribution is 2.21. The van der Waals surface area contributed by atoms with Gasteiger partial charge in [-0.2, -0.15) is 0 Å². The molecule has 0 bridgehead atoms. The molecule has 2 heteroatoms. The van der Waals surface area contributed by atoms with Gasteiger partial charge < -0.3 is 10.2 Å². The number of likely N-dealkylation sites (tertiary alicyclic amines) is 1. The van der Waals surface area contributed by atoms with E-state index in [4.69, 9.17) is 0 Å². The highest BCUT2D eigenvalue weighted by Gasteiger charge is 2.25. The quantitative estimate of drug-likeness (QED) is 0.878. The van der Waals surface area contributed by atoms with E-state index >= 15 is 0 Å². The highest BCUT2D eigenvalue weighted by molar-refractivity contribution is 5.29. The Balaban J connectivity index is 1.57. The van der Waals surface area contributed by atoms with E-state index in [1.54, 1.807) is 5.56 Å². The first kappa shape index (κ1) is 12.2. The first-order valence-corrected chi connectivity index (χ1v) is 7.37. The molecule has 2 aliphatic rings. The Morgan fingerprint density at radius 3 is 2.89 bits per heavy atom. The minimum absolute atomic E-state index is 0.649. The molecule has 1 saturated heterocycles. The number of benzene rings is 1. The predicted octanol–water partition coefficient (Wildman–Crippen LogP) is 2.43. The summed E-state index contributed by atoms with van der Waals surface area (Å²) in [5, 5.41) is 3.69. The van der Waals surface area contributed by atoms with Crippen molar-refractivity contribution in [1.29, 1.82) is 0 Å². The fourth-order valence-corrected chi connectivity index (χ4v) is 3.37. The maximum Gasteiger partial charge on any atom is 0.0238 e. The molecule has 1 aromatic carbocycles. The van der Waals surface area contributed by atoms with Gasteiger partial charge in [-0.1, -0.05) is 37.6 Å². The van der Waals surface area contributed by atoms with Gasteiger partial charge in [-0.15, -0.1) is 0 Å². The molecule has 2 nitrogen and oxygen atoms in total. The molecule has 0 spiro atoms. The van der Waals surface area contributed by atoms with Crippen LogP contribution in [0.25, 0.3) is 0 Å². The fraction of sp³-hybridized carbons (Fsp3) is 0.625. The van der Waals surface area contributed by atoms with Crippen molar-refractivity contribution < 1.29 is 0 Å². The van der Waals surface area contributed by atoms with Gasteiger partial charge in [-0.25, -0.2) is 0 Å². The second-order valence-electron chi connectivity index (χ2n) is 5.87. The molecule has 0 aromatic heterocycles. The number of hydrogen-bond donors (Lipinski definition) is 1. The van der Waals surface area contributed by atoms with Gasteiger partial charge in [0.05, 0.1) is 0 Å². The zero-order valence-corrected chi connectivity index (χ0v) is 11.4. The summed E-state index contributed by atoms with van der Waals surface area (Å²) in [5.41, 5.74) is 3.04. The van der Waals surface area contributed by atoms with Gasteiger partial charge in [-0.05, 0) is 36.4 Å². The van der Waals surface area contributed by atoms with Crippen LogP contribution in [0.2, 0.25) is 0 Å². The van der Waals surface area contributed by atoms with Crippen LogP contribution in [-0.4, -0.2) is 30.6 Å². The molecule has 18 heavy (non-hydrogen) atoms. The van der Waals surface area contributed by atoms with Crippen LogP contribution in [0.1, 0.15) is 30.9 Å². The summed E-state index contributed by atoms with van der Waals surface area (Å²) in [6.45, 7) is 7.22. The van der Waals surface area contributed by atoms with Gasteiger partial charge in [0, 0.05) is 25.7 Å². The molecule has 1 N–H and O–H groups in total. The fourth-order valence-electron chi connectivity index (χ4n) is 3.37. The average Bonchev–Trinajstić information content (AvgIpc) is 2.86. The maximum absolute atomic E-state index is 3.69. The third-order valence-corrected chi connectivity index (χ3v) is 4.59. The van der Waals surface area contributed by atoms with Crippen LogP contribution >= 0.6 is 0 Å². The lowest BCUT2D eigenvalue weighted by atomic mass is 9.96. The monoisotopic (exact) mass is 244 g/mol. The van der Waals surface area contributed by atoms with Crippen molar-refractivity contribution >= 4 is 0 Å². The minimum atomic E-state index is 0.649. The zero-order chi connectivity index (χ0) is 12.4. The molecular weight excluding hydrogens is 220 g/mol. The topological polar surface area (TPSA) is 15.3 Å². The summed E-state index contributed by atoms with van der Waals surface area (Å²) in [6, 6.07) is 9.51. The summed E-state index contributed by atoms with van der Waals surface area (Å²) >= 11 is 0. The summed E-state index contributed by atoms with van der Waals surface area (Å²) < 4.78 is 0. The van der Waals surface area contributed by atoms with Crippen molar-refractivity contribution in [3.8, 4) is 0 Å². The molecule has 2 atom stereocenters. The van der Waals surface area contributed by atoms with Gasteiger partial charge in [0.2, 0.25) is 0 Å². The lowest BCUT2D eigenvalue weighted by Crippen LogP contribution is -2.44. The summed E-state index contributed by atoms with van der Waals surface area (Å²) in [5.74, 6) is 0.945. The van der Waals surface area contributed by atoms with E-state index in [0.717, 1.165) is 12.5 Å². The van der Waals surface area contributed by atoms with Crippen LogP contribution < -0.4 is 5.32 Å². The van der Waals surface area contributed by atoms with Gasteiger partial charge in [0.25, 0.3) is 0 Å². The molecule has 98 valence electrons. The second-order valence-corrected chi connectivity index (χ2v) is 5.87. The van der Waals surface area contributed by atoms with Crippen LogP contribution in [0.15, 0.2) is 24.3 Å². The van der Waals surface area contributed by atoms with Gasteiger partial charge in [-0.3, -0.25) is 0 Å². The standard InChI is InChI=1S/C16H24N2/c1-2-13-7-8-18(11-13)12-16-9-14-5-3-4-6-15(14)10-17-16/h3-6,13,16-17H,2,7-12H2,1H3. The number of fused-ring (bicyclic) bond motifs is 1. The molecule has 1 fully saturated rings. The van der Waals surface area contributed by atoms with E-state index in [-0.39, 0.29) is 0 Å². The minimum Gasteiger partial charge on any atom is -0.308 e. The lowest BCUT2D eigenvalue weighted by molar-refractivity contribution is 0.272. The molecule has 0 aliphatic carbocycles. The summed E-state index contributed by atoms with van der Waals surface area (Å²) in [6.07, 6.45) is 3.95. The Kier molecular flexibility index (Phi) is 3.67. The predicted molar refractivity (Wildman–Crippen MR) is 75.6 cm³/mol. The van der Waals surface area contributed by atoms with E-state index in [1.807, 2.05) is 0 Å². The van der Waals surface area contributed by atoms with Crippen LogP contribution in [0, 0.1) is 5.92 Å². The average molecular weight is 244 g/mol. The van der Waals surface area contributed by atoms with E-state index < -0.39 is 0 Å². The Morgan fingerprint density at radius 2 is 2.11 bits per heavy atom. The SMILES string of the molecule is CCC1CCN(CC2Cc3ccccc3CN2)C1. The summed E-state index contributed by atoms with van der Waals surface area (Å²) in [4.78, 5) is 2.65. The smallest absolute Gasteiger partial charge is 0.0238 e. The van der Waals surface area contributed by atoms with E-state index in [1.165, 1.54) is 44.5 Å². The third-order valence-electron chi connectivity index (χ3n) is 4.59. The molecule has 2 heterocycles. The molecule has 1 aromatic rings. The van der Waals surface area contributed by atoms with Crippen molar-refractivity contribution in [3.63, 3.8) is 0 Å². The summed E-state index contributed by atoms with van der Waals surface area (Å²) in [7, 11) is 0. The first-order valence-electron chi connectivity index (χ1n) is 7.37. The number of rotatable bonds is 3. The van der Waals surface area contributed by atoms with Crippen LogP contribution in [-0.2, 0) is 13.0 Å². The number of hydrogen-bond acceptors (Lipinski definition) is 2. The van der Waals surface area contributed by atoms with Crippen LogP contribution in [0.4, 0.5) is 0 Å². The normalized spacial score (nSPS) is 28.3. The van der Waals surface area contributed by atoms with Gasteiger partial charge >= 0.3 is 0 Å². The molecule has 2 aliphatic heterocycles. The molecule has 0 radical (unpaired) electrons. The Morgan fingerprint density at radius 1 is 1.28 bits per heavy atom. The van der Waals surface area contributed by atoms with E-state index in [0.29, 0.717) is 6.04 Å². The van der Waals surface area contributed by atoms with Crippen LogP contribution in [0.3, 0.4) is 0 Å². The van der Waals surface area contributed by atoms with Crippen molar-refractivity contribution in [2.45, 2.75) is 38.8 Å². The molecule has 3 rings (SSSR count). The Hall–Kier alpha value is -0.860. The second kappa shape index (κ2) is 5.41. The van der Waals surface area contributed by atoms with Crippen molar-refractivity contribution in [3.05, 3.63) is 35.4 Å². The Labute approximate surface area is 110 Å². The van der Waals surface area contributed by atoms with E-state index in [9.17, 15) is 0 Å². The first-order chi connectivity index (χ1) is 8.85. The maximum atomic E-state index is 3.69. The zero-order valence-electron chi connectivity index (χ0n) is 11.4. The van der Waals surface area contributed by atoms with Crippen LogP contribution in [0.5, 0.6) is 0 Å². The van der Waals surface area contributed by atoms with Crippen molar-refractivity contribution in [2.75, 3.05) is 19.6 Å². The van der Waals surface area contributed by atoms with E-state index in [2.05, 4.69) is 41.4 Å². The molecule has 2 unspecified atom stereocenters. The molecular formula is C16H24N2. The largest absolute Gasteiger partial charge is 0.308 e. The highest BCUT2D eigenvalue weighted by atomic mass is 15.2. The number of nitrogens with zero attached hydrogens (tertiary/aromatic N) is 1. The lowest BCUT2D eigenvalue weighted by Gasteiger charge is -2.29. The molecule has 0 amide bonds. The van der Waals surface area contributed by atoms with Gasteiger partial charge in [0.1, 0.15) is 0 Å². The molecule has 0 saturated carbocycles. The third kappa shape index (κ3) is 2.60. The van der Waals surface area contributed by atoms with Crippen molar-refractivity contribution in [1.82, 2.24) is 10.2 Å². The van der Waals surface area contributed by atoms with Crippen molar-refractivity contribution in [2.24, 2.45) is 5.92 Å². The van der Waals surface area contributed by atoms with Gasteiger partial charge in [0.15, 0.2) is 0 Å². The Bertz CT molecular complexity index is 402.